The summed E-state index contributed by atoms with van der Waals surface area (Å²) in [5.41, 5.74) is 1.29. The monoisotopic (exact) mass is 271 g/mol. The largest absolute Gasteiger partial charge is 0.325 e. The van der Waals surface area contributed by atoms with Gasteiger partial charge in [0.25, 0.3) is 11.8 Å². The van der Waals surface area contributed by atoms with Crippen LogP contribution in [-0.2, 0) is 14.4 Å². The normalized spacial score (nSPS) is 22.9. The predicted molar refractivity (Wildman–Crippen MR) is 67.9 cm³/mol. The smallest absolute Gasteiger partial charge is 0.323 e. The van der Waals surface area contributed by atoms with Crippen LogP contribution in [0.2, 0.25) is 0 Å². The Labute approximate surface area is 112 Å². The molecule has 0 aromatic carbocycles. The summed E-state index contributed by atoms with van der Waals surface area (Å²) in [6.45, 7) is 7.36. The zero-order valence-electron chi connectivity index (χ0n) is 11.8. The van der Waals surface area contributed by atoms with Gasteiger partial charge in [-0.2, -0.15) is 0 Å². The van der Waals surface area contributed by atoms with Crippen LogP contribution in [0.4, 0.5) is 4.79 Å². The van der Waals surface area contributed by atoms with E-state index >= 15 is 0 Å². The van der Waals surface area contributed by atoms with E-state index in [1.54, 1.807) is 13.8 Å². The van der Waals surface area contributed by atoms with Gasteiger partial charge in [0, 0.05) is 0 Å². The van der Waals surface area contributed by atoms with Crippen molar-refractivity contribution in [1.82, 2.24) is 15.7 Å². The molecule has 1 rings (SSSR count). The number of imide groups is 1. The molecule has 1 fully saturated rings. The van der Waals surface area contributed by atoms with Crippen LogP contribution in [0.25, 0.3) is 0 Å². The minimum absolute atomic E-state index is 0.278. The predicted octanol–water partition coefficient (Wildman–Crippen LogP) is 0.411. The molecule has 19 heavy (non-hydrogen) atoms. The molecule has 0 bridgehead atoms. The minimum Gasteiger partial charge on any atom is -0.323 e. The molecular weight excluding hydrogens is 250 g/mol. The average molecular weight is 271 g/mol. The topological polar surface area (TPSA) is 87.7 Å². The highest BCUT2D eigenvalue weighted by molar-refractivity contribution is 6.08. The molecule has 1 saturated heterocycles. The Bertz CT molecular complexity index is 383. The van der Waals surface area contributed by atoms with Crippen LogP contribution in [0, 0.1) is 5.92 Å². The fourth-order valence-corrected chi connectivity index (χ4v) is 1.59. The maximum atomic E-state index is 12.0. The molecule has 0 saturated carbocycles. The van der Waals surface area contributed by atoms with E-state index in [0.29, 0.717) is 13.0 Å². The highest BCUT2D eigenvalue weighted by atomic mass is 16.7. The summed E-state index contributed by atoms with van der Waals surface area (Å²) in [4.78, 5) is 41.1. The minimum atomic E-state index is -0.920. The first-order valence-electron chi connectivity index (χ1n) is 6.35. The molecule has 0 aliphatic carbocycles. The van der Waals surface area contributed by atoms with E-state index in [2.05, 4.69) is 10.8 Å². The second-order valence-electron chi connectivity index (χ2n) is 5.24. The first kappa shape index (κ1) is 15.4. The highest BCUT2D eigenvalue weighted by Crippen LogP contribution is 2.20. The maximum Gasteiger partial charge on any atom is 0.325 e. The lowest BCUT2D eigenvalue weighted by Crippen LogP contribution is -2.44. The van der Waals surface area contributed by atoms with Crippen molar-refractivity contribution in [3.05, 3.63) is 0 Å². The summed E-state index contributed by atoms with van der Waals surface area (Å²) in [6, 6.07) is -0.548. The Morgan fingerprint density at radius 3 is 2.58 bits per heavy atom. The number of urea groups is 1. The molecule has 1 atom stereocenters. The van der Waals surface area contributed by atoms with Gasteiger partial charge in [-0.3, -0.25) is 19.3 Å². The standard InChI is InChI=1S/C12H21N3O4/c1-5-12(4)10(17)15(11(18)13-12)6-9(16)14-19-7-8(2)3/h8H,5-7H2,1-4H3,(H,13,18)(H,14,16). The van der Waals surface area contributed by atoms with Crippen molar-refractivity contribution in [1.29, 1.82) is 0 Å². The first-order valence-corrected chi connectivity index (χ1v) is 6.35. The molecule has 0 radical (unpaired) electrons. The lowest BCUT2D eigenvalue weighted by Gasteiger charge is -2.19. The van der Waals surface area contributed by atoms with Crippen molar-refractivity contribution in [3.63, 3.8) is 0 Å². The molecule has 2 N–H and O–H groups in total. The maximum absolute atomic E-state index is 12.0. The molecule has 7 heteroatoms. The fourth-order valence-electron chi connectivity index (χ4n) is 1.59. The first-order chi connectivity index (χ1) is 8.80. The van der Waals surface area contributed by atoms with Crippen LogP contribution in [0.1, 0.15) is 34.1 Å². The number of nitrogens with one attached hydrogen (secondary N) is 2. The Hall–Kier alpha value is -1.63. The number of nitrogens with zero attached hydrogens (tertiary/aromatic N) is 1. The SMILES string of the molecule is CCC1(C)NC(=O)N(CC(=O)NOCC(C)C)C1=O. The number of carbonyl (C=O) groups excluding carboxylic acids is 3. The van der Waals surface area contributed by atoms with Crippen molar-refractivity contribution in [3.8, 4) is 0 Å². The third kappa shape index (κ3) is 3.66. The highest BCUT2D eigenvalue weighted by Gasteiger charge is 2.46. The van der Waals surface area contributed by atoms with Gasteiger partial charge in [0.15, 0.2) is 0 Å². The molecule has 1 aliphatic rings. The number of rotatable bonds is 6. The van der Waals surface area contributed by atoms with Gasteiger partial charge in [-0.15, -0.1) is 0 Å². The molecule has 0 aromatic rings. The summed E-state index contributed by atoms with van der Waals surface area (Å²) in [5.74, 6) is -0.635. The Balaban J connectivity index is 2.51. The average Bonchev–Trinajstić information content (AvgIpc) is 2.53. The molecule has 0 spiro atoms. The van der Waals surface area contributed by atoms with Gasteiger partial charge in [-0.25, -0.2) is 10.3 Å². The number of amides is 4. The van der Waals surface area contributed by atoms with Crippen LogP contribution in [0.5, 0.6) is 0 Å². The quantitative estimate of drug-likeness (QED) is 0.541. The van der Waals surface area contributed by atoms with Crippen LogP contribution in [0.3, 0.4) is 0 Å². The van der Waals surface area contributed by atoms with Gasteiger partial charge >= 0.3 is 6.03 Å². The summed E-state index contributed by atoms with van der Waals surface area (Å²) in [5, 5.41) is 2.58. The molecule has 108 valence electrons. The second-order valence-corrected chi connectivity index (χ2v) is 5.24. The zero-order valence-corrected chi connectivity index (χ0v) is 11.8. The van der Waals surface area contributed by atoms with Crippen LogP contribution in [-0.4, -0.2) is 41.4 Å². The van der Waals surface area contributed by atoms with Crippen molar-refractivity contribution in [2.75, 3.05) is 13.2 Å². The van der Waals surface area contributed by atoms with E-state index in [1.807, 2.05) is 13.8 Å². The van der Waals surface area contributed by atoms with Gasteiger partial charge in [0.05, 0.1) is 6.61 Å². The van der Waals surface area contributed by atoms with Crippen LogP contribution >= 0.6 is 0 Å². The number of hydrogen-bond donors (Lipinski definition) is 2. The fraction of sp³-hybridized carbons (Fsp3) is 0.750. The van der Waals surface area contributed by atoms with Gasteiger partial charge in [0.1, 0.15) is 12.1 Å². The Kier molecular flexibility index (Phi) is 4.88. The van der Waals surface area contributed by atoms with Gasteiger partial charge in [-0.1, -0.05) is 20.8 Å². The lowest BCUT2D eigenvalue weighted by molar-refractivity contribution is -0.140. The molecule has 1 unspecified atom stereocenters. The molecular formula is C12H21N3O4. The van der Waals surface area contributed by atoms with Gasteiger partial charge < -0.3 is 5.32 Å². The van der Waals surface area contributed by atoms with Crippen LogP contribution < -0.4 is 10.8 Å². The van der Waals surface area contributed by atoms with E-state index in [4.69, 9.17) is 4.84 Å². The van der Waals surface area contributed by atoms with Gasteiger partial charge in [-0.05, 0) is 19.3 Å². The Morgan fingerprint density at radius 2 is 2.11 bits per heavy atom. The molecule has 0 aromatic heterocycles. The van der Waals surface area contributed by atoms with Gasteiger partial charge in [0.2, 0.25) is 0 Å². The van der Waals surface area contributed by atoms with E-state index in [-0.39, 0.29) is 18.4 Å². The molecule has 1 aliphatic heterocycles. The Morgan fingerprint density at radius 1 is 1.47 bits per heavy atom. The molecule has 7 nitrogen and oxygen atoms in total. The summed E-state index contributed by atoms with van der Waals surface area (Å²) in [7, 11) is 0. The van der Waals surface area contributed by atoms with E-state index in [1.165, 1.54) is 0 Å². The van der Waals surface area contributed by atoms with E-state index in [0.717, 1.165) is 4.90 Å². The lowest BCUT2D eigenvalue weighted by atomic mass is 9.99. The number of hydrogen-bond acceptors (Lipinski definition) is 4. The zero-order chi connectivity index (χ0) is 14.6. The third-order valence-corrected chi connectivity index (χ3v) is 2.96. The molecule has 1 heterocycles. The van der Waals surface area contributed by atoms with E-state index < -0.39 is 17.5 Å². The van der Waals surface area contributed by atoms with E-state index in [9.17, 15) is 14.4 Å². The van der Waals surface area contributed by atoms with Crippen molar-refractivity contribution >= 4 is 17.8 Å². The molecule has 4 amide bonds. The van der Waals surface area contributed by atoms with Crippen molar-refractivity contribution < 1.29 is 19.2 Å². The third-order valence-electron chi connectivity index (χ3n) is 2.96. The summed E-state index contributed by atoms with van der Waals surface area (Å²) in [6.07, 6.45) is 0.472. The second kappa shape index (κ2) is 6.01. The summed E-state index contributed by atoms with van der Waals surface area (Å²) < 4.78 is 0. The van der Waals surface area contributed by atoms with Crippen molar-refractivity contribution in [2.45, 2.75) is 39.7 Å². The van der Waals surface area contributed by atoms with Crippen LogP contribution in [0.15, 0.2) is 0 Å². The number of carbonyl (C=O) groups is 3. The summed E-state index contributed by atoms with van der Waals surface area (Å²) >= 11 is 0. The van der Waals surface area contributed by atoms with Crippen molar-refractivity contribution in [2.24, 2.45) is 5.92 Å². The number of hydroxylamine groups is 1.